The number of aromatic hydroxyl groups is 1. The Hall–Kier alpha value is -2.42. The van der Waals surface area contributed by atoms with Crippen molar-refractivity contribution in [3.8, 4) is 11.5 Å². The third-order valence-corrected chi connectivity index (χ3v) is 4.28. The summed E-state index contributed by atoms with van der Waals surface area (Å²) in [4.78, 5) is 0. The predicted molar refractivity (Wildman–Crippen MR) is 97.9 cm³/mol. The van der Waals surface area contributed by atoms with Gasteiger partial charge in [0.05, 0.1) is 6.61 Å². The van der Waals surface area contributed by atoms with Crippen LogP contribution in [0, 0.1) is 0 Å². The van der Waals surface area contributed by atoms with Crippen molar-refractivity contribution in [2.45, 2.75) is 30.7 Å². The van der Waals surface area contributed by atoms with Gasteiger partial charge in [-0.25, -0.2) is 0 Å². The minimum Gasteiger partial charge on any atom is -0.508 e. The van der Waals surface area contributed by atoms with Gasteiger partial charge in [0, 0.05) is 6.07 Å². The zero-order valence-electron chi connectivity index (χ0n) is 14.4. The van der Waals surface area contributed by atoms with Crippen molar-refractivity contribution in [2.75, 3.05) is 6.61 Å². The SMILES string of the molecule is OC[C@H]1O[C@@H](Oc2cc(O)cc(/C=C\c3ccccc3)c2)[C@H](O)[C@@H](O)[C@@H]1O. The summed E-state index contributed by atoms with van der Waals surface area (Å²) in [6, 6.07) is 14.1. The van der Waals surface area contributed by atoms with E-state index in [1.54, 1.807) is 18.2 Å². The number of aliphatic hydroxyl groups is 4. The topological polar surface area (TPSA) is 120 Å². The number of phenolic OH excluding ortho intramolecular Hbond substituents is 1. The second-order valence-corrected chi connectivity index (χ2v) is 6.32. The van der Waals surface area contributed by atoms with Crippen LogP contribution < -0.4 is 4.74 Å². The normalized spacial score (nSPS) is 28.4. The van der Waals surface area contributed by atoms with Crippen LogP contribution in [0.3, 0.4) is 0 Å². The van der Waals surface area contributed by atoms with Gasteiger partial charge in [-0.05, 0) is 23.3 Å². The molecular formula is C20H22O7. The molecule has 0 spiro atoms. The van der Waals surface area contributed by atoms with Gasteiger partial charge in [-0.3, -0.25) is 0 Å². The maximum atomic E-state index is 10.1. The fourth-order valence-corrected chi connectivity index (χ4v) is 2.83. The van der Waals surface area contributed by atoms with Gasteiger partial charge in [-0.1, -0.05) is 42.5 Å². The highest BCUT2D eigenvalue weighted by Gasteiger charge is 2.44. The molecule has 1 saturated heterocycles. The fourth-order valence-electron chi connectivity index (χ4n) is 2.83. The molecule has 0 bridgehead atoms. The van der Waals surface area contributed by atoms with E-state index in [1.165, 1.54) is 6.07 Å². The van der Waals surface area contributed by atoms with Crippen LogP contribution in [0.25, 0.3) is 12.2 Å². The van der Waals surface area contributed by atoms with Gasteiger partial charge in [0.25, 0.3) is 0 Å². The molecule has 0 radical (unpaired) electrons. The largest absolute Gasteiger partial charge is 0.508 e. The molecule has 144 valence electrons. The van der Waals surface area contributed by atoms with Gasteiger partial charge >= 0.3 is 0 Å². The molecule has 5 N–H and O–H groups in total. The van der Waals surface area contributed by atoms with Crippen LogP contribution >= 0.6 is 0 Å². The predicted octanol–water partition coefficient (Wildman–Crippen LogP) is 0.741. The molecule has 2 aromatic carbocycles. The van der Waals surface area contributed by atoms with Gasteiger partial charge in [0.1, 0.15) is 35.9 Å². The molecule has 0 saturated carbocycles. The Labute approximate surface area is 156 Å². The van der Waals surface area contributed by atoms with Crippen molar-refractivity contribution in [1.29, 1.82) is 0 Å². The number of benzene rings is 2. The van der Waals surface area contributed by atoms with Crippen LogP contribution in [0.4, 0.5) is 0 Å². The summed E-state index contributed by atoms with van der Waals surface area (Å²) in [6.07, 6.45) is -3.24. The quantitative estimate of drug-likeness (QED) is 0.490. The molecule has 1 aliphatic heterocycles. The van der Waals surface area contributed by atoms with E-state index >= 15 is 0 Å². The van der Waals surface area contributed by atoms with E-state index < -0.39 is 37.3 Å². The Morgan fingerprint density at radius 1 is 0.889 bits per heavy atom. The van der Waals surface area contributed by atoms with Crippen LogP contribution in [0.15, 0.2) is 48.5 Å². The van der Waals surface area contributed by atoms with E-state index in [2.05, 4.69) is 0 Å². The smallest absolute Gasteiger partial charge is 0.229 e. The van der Waals surface area contributed by atoms with E-state index in [0.717, 1.165) is 5.56 Å². The Balaban J connectivity index is 1.77. The highest BCUT2D eigenvalue weighted by molar-refractivity contribution is 5.70. The first-order chi connectivity index (χ1) is 13.0. The first-order valence-electron chi connectivity index (χ1n) is 8.52. The Bertz CT molecular complexity index is 775. The molecule has 3 rings (SSSR count). The van der Waals surface area contributed by atoms with Gasteiger partial charge in [-0.2, -0.15) is 0 Å². The fraction of sp³-hybridized carbons (Fsp3) is 0.300. The Kier molecular flexibility index (Phi) is 6.10. The average molecular weight is 374 g/mol. The summed E-state index contributed by atoms with van der Waals surface area (Å²) in [6.45, 7) is -0.546. The van der Waals surface area contributed by atoms with Crippen LogP contribution in [0.2, 0.25) is 0 Å². The molecule has 5 atom stereocenters. The van der Waals surface area contributed by atoms with E-state index in [4.69, 9.17) is 9.47 Å². The molecular weight excluding hydrogens is 352 g/mol. The first-order valence-corrected chi connectivity index (χ1v) is 8.52. The number of hydrogen-bond donors (Lipinski definition) is 5. The van der Waals surface area contributed by atoms with Crippen molar-refractivity contribution >= 4 is 12.2 Å². The second-order valence-electron chi connectivity index (χ2n) is 6.32. The highest BCUT2D eigenvalue weighted by Crippen LogP contribution is 2.28. The third kappa shape index (κ3) is 4.65. The molecule has 7 nitrogen and oxygen atoms in total. The van der Waals surface area contributed by atoms with Crippen LogP contribution in [0.1, 0.15) is 11.1 Å². The molecule has 7 heteroatoms. The van der Waals surface area contributed by atoms with Crippen molar-refractivity contribution in [1.82, 2.24) is 0 Å². The van der Waals surface area contributed by atoms with Crippen molar-refractivity contribution in [3.63, 3.8) is 0 Å². The molecule has 0 aromatic heterocycles. The summed E-state index contributed by atoms with van der Waals surface area (Å²) in [5, 5.41) is 48.9. The lowest BCUT2D eigenvalue weighted by atomic mass is 9.99. The Morgan fingerprint density at radius 2 is 1.59 bits per heavy atom. The lowest BCUT2D eigenvalue weighted by Gasteiger charge is -2.39. The van der Waals surface area contributed by atoms with E-state index in [0.29, 0.717) is 5.56 Å². The first kappa shape index (κ1) is 19.3. The van der Waals surface area contributed by atoms with E-state index in [9.17, 15) is 25.5 Å². The van der Waals surface area contributed by atoms with E-state index in [1.807, 2.05) is 36.4 Å². The number of hydrogen-bond acceptors (Lipinski definition) is 7. The standard InChI is InChI=1S/C20H22O7/c21-11-16-17(23)18(24)19(25)20(27-16)26-15-9-13(8-14(22)10-15)7-6-12-4-2-1-3-5-12/h1-10,16-25H,11H2/b7-6-/t16-,17-,18+,19-,20-/m1/s1. The maximum absolute atomic E-state index is 10.1. The monoisotopic (exact) mass is 374 g/mol. The summed E-state index contributed by atoms with van der Waals surface area (Å²) in [5.41, 5.74) is 1.63. The van der Waals surface area contributed by atoms with Gasteiger partial charge in [0.15, 0.2) is 0 Å². The second kappa shape index (κ2) is 8.51. The number of aliphatic hydroxyl groups excluding tert-OH is 4. The van der Waals surface area contributed by atoms with E-state index in [-0.39, 0.29) is 11.5 Å². The molecule has 27 heavy (non-hydrogen) atoms. The summed E-state index contributed by atoms with van der Waals surface area (Å²) >= 11 is 0. The minimum atomic E-state index is -1.53. The number of ether oxygens (including phenoxy) is 2. The molecule has 1 aliphatic rings. The Morgan fingerprint density at radius 3 is 2.30 bits per heavy atom. The minimum absolute atomic E-state index is 0.0511. The zero-order chi connectivity index (χ0) is 19.4. The van der Waals surface area contributed by atoms with Crippen molar-refractivity contribution in [3.05, 3.63) is 59.7 Å². The van der Waals surface area contributed by atoms with Gasteiger partial charge < -0.3 is 35.0 Å². The van der Waals surface area contributed by atoms with Crippen molar-refractivity contribution in [2.24, 2.45) is 0 Å². The molecule has 0 amide bonds. The third-order valence-electron chi connectivity index (χ3n) is 4.28. The molecule has 1 fully saturated rings. The van der Waals surface area contributed by atoms with Crippen LogP contribution in [0.5, 0.6) is 11.5 Å². The lowest BCUT2D eigenvalue weighted by molar-refractivity contribution is -0.277. The van der Waals surface area contributed by atoms with Crippen molar-refractivity contribution < 1.29 is 35.0 Å². The number of rotatable bonds is 5. The molecule has 2 aromatic rings. The number of phenols is 1. The van der Waals surface area contributed by atoms with Gasteiger partial charge in [0.2, 0.25) is 6.29 Å². The average Bonchev–Trinajstić information content (AvgIpc) is 2.67. The zero-order valence-corrected chi connectivity index (χ0v) is 14.4. The summed E-state index contributed by atoms with van der Waals surface area (Å²) in [5.74, 6) is 0.150. The lowest BCUT2D eigenvalue weighted by Crippen LogP contribution is -2.60. The highest BCUT2D eigenvalue weighted by atomic mass is 16.7. The van der Waals surface area contributed by atoms with Crippen LogP contribution in [-0.4, -0.2) is 62.8 Å². The molecule has 1 heterocycles. The molecule has 0 unspecified atom stereocenters. The van der Waals surface area contributed by atoms with Crippen LogP contribution in [-0.2, 0) is 4.74 Å². The maximum Gasteiger partial charge on any atom is 0.229 e. The van der Waals surface area contributed by atoms with Gasteiger partial charge in [-0.15, -0.1) is 0 Å². The summed E-state index contributed by atoms with van der Waals surface area (Å²) < 4.78 is 10.9. The molecule has 0 aliphatic carbocycles. The summed E-state index contributed by atoms with van der Waals surface area (Å²) in [7, 11) is 0.